The second kappa shape index (κ2) is 6.64. The van der Waals surface area contributed by atoms with Gasteiger partial charge in [-0.3, -0.25) is 0 Å². The molecule has 0 nitrogen and oxygen atoms in total. The molecule has 0 amide bonds. The molecule has 0 spiro atoms. The predicted molar refractivity (Wildman–Crippen MR) is 105 cm³/mol. The topological polar surface area (TPSA) is 0 Å². The Morgan fingerprint density at radius 1 is 0.778 bits per heavy atom. The lowest BCUT2D eigenvalue weighted by Gasteiger charge is -2.09. The van der Waals surface area contributed by atoms with Crippen LogP contribution in [0.3, 0.4) is 0 Å². The van der Waals surface area contributed by atoms with Gasteiger partial charge in [0.05, 0.1) is 0 Å². The number of allylic oxidation sites excluding steroid dienone is 1. The van der Waals surface area contributed by atoms with Gasteiger partial charge in [-0.15, -0.1) is 5.73 Å². The van der Waals surface area contributed by atoms with E-state index in [1.54, 1.807) is 24.3 Å². The Hall–Kier alpha value is -2.96. The van der Waals surface area contributed by atoms with Crippen molar-refractivity contribution in [2.75, 3.05) is 0 Å². The molecule has 0 bridgehead atoms. The van der Waals surface area contributed by atoms with Crippen LogP contribution in [0, 0.1) is 17.6 Å². The minimum absolute atomic E-state index is 0.0629. The molecule has 27 heavy (non-hydrogen) atoms. The highest BCUT2D eigenvalue weighted by Gasteiger charge is 2.54. The SMILES string of the molecule is CC1C(=C=C(c2ccc(F)cc2)c2ccc(F)cc2)C1(C)c1ccccc1. The number of hydrogen-bond acceptors (Lipinski definition) is 0. The fraction of sp³-hybridized carbons (Fsp3) is 0.160. The van der Waals surface area contributed by atoms with Crippen LogP contribution in [0.2, 0.25) is 0 Å². The van der Waals surface area contributed by atoms with E-state index < -0.39 is 0 Å². The molecule has 0 saturated heterocycles. The van der Waals surface area contributed by atoms with Crippen molar-refractivity contribution in [2.24, 2.45) is 5.92 Å². The molecule has 2 heteroatoms. The Morgan fingerprint density at radius 3 is 1.74 bits per heavy atom. The maximum Gasteiger partial charge on any atom is 0.123 e. The van der Waals surface area contributed by atoms with E-state index in [2.05, 4.69) is 31.7 Å². The van der Waals surface area contributed by atoms with Crippen molar-refractivity contribution in [1.29, 1.82) is 0 Å². The van der Waals surface area contributed by atoms with Gasteiger partial charge in [-0.1, -0.05) is 68.4 Å². The van der Waals surface area contributed by atoms with Crippen LogP contribution in [-0.2, 0) is 5.41 Å². The van der Waals surface area contributed by atoms with Gasteiger partial charge in [0.15, 0.2) is 0 Å². The number of rotatable bonds is 3. The highest BCUT2D eigenvalue weighted by atomic mass is 19.1. The lowest BCUT2D eigenvalue weighted by molar-refractivity contribution is 0.627. The van der Waals surface area contributed by atoms with Crippen LogP contribution in [0.25, 0.3) is 5.57 Å². The first kappa shape index (κ1) is 17.5. The van der Waals surface area contributed by atoms with Crippen LogP contribution in [0.1, 0.15) is 30.5 Å². The molecular formula is C25H20F2. The monoisotopic (exact) mass is 358 g/mol. The number of hydrogen-bond donors (Lipinski definition) is 0. The quantitative estimate of drug-likeness (QED) is 0.467. The summed E-state index contributed by atoms with van der Waals surface area (Å²) in [5.41, 5.74) is 8.58. The summed E-state index contributed by atoms with van der Waals surface area (Å²) >= 11 is 0. The molecule has 2 atom stereocenters. The predicted octanol–water partition coefficient (Wildman–Crippen LogP) is 6.53. The van der Waals surface area contributed by atoms with Crippen LogP contribution >= 0.6 is 0 Å². The highest BCUT2D eigenvalue weighted by molar-refractivity contribution is 5.80. The molecule has 0 aliphatic heterocycles. The average Bonchev–Trinajstić information content (AvgIpc) is 3.23. The maximum absolute atomic E-state index is 13.4. The molecule has 1 saturated carbocycles. The van der Waals surface area contributed by atoms with Crippen molar-refractivity contribution in [3.8, 4) is 0 Å². The molecule has 0 N–H and O–H groups in total. The van der Waals surface area contributed by atoms with Gasteiger partial charge in [-0.25, -0.2) is 8.78 Å². The van der Waals surface area contributed by atoms with Crippen molar-refractivity contribution >= 4 is 5.57 Å². The summed E-state index contributed by atoms with van der Waals surface area (Å²) in [4.78, 5) is 0. The Morgan fingerprint density at radius 2 is 1.26 bits per heavy atom. The lowest BCUT2D eigenvalue weighted by atomic mass is 9.94. The van der Waals surface area contributed by atoms with Crippen molar-refractivity contribution in [3.63, 3.8) is 0 Å². The standard InChI is InChI=1S/C25H20F2/c1-17-24(25(17,2)20-6-4-3-5-7-20)16-23(18-8-12-21(26)13-9-18)19-10-14-22(27)15-11-19/h3-15,17H,1-2H3. The zero-order chi connectivity index (χ0) is 19.0. The fourth-order valence-electron chi connectivity index (χ4n) is 3.73. The smallest absolute Gasteiger partial charge is 0.123 e. The number of benzene rings is 3. The van der Waals surface area contributed by atoms with Gasteiger partial charge in [0.25, 0.3) is 0 Å². The summed E-state index contributed by atoms with van der Waals surface area (Å²) in [7, 11) is 0. The van der Waals surface area contributed by atoms with Gasteiger partial charge >= 0.3 is 0 Å². The van der Waals surface area contributed by atoms with E-state index >= 15 is 0 Å². The zero-order valence-corrected chi connectivity index (χ0v) is 15.3. The lowest BCUT2D eigenvalue weighted by Crippen LogP contribution is -2.02. The van der Waals surface area contributed by atoms with Gasteiger partial charge in [0, 0.05) is 11.0 Å². The molecule has 1 aliphatic rings. The van der Waals surface area contributed by atoms with E-state index in [0.717, 1.165) is 16.7 Å². The third-order valence-corrected chi connectivity index (χ3v) is 5.67. The second-order valence-corrected chi connectivity index (χ2v) is 7.22. The Bertz CT molecular complexity index is 976. The van der Waals surface area contributed by atoms with Crippen molar-refractivity contribution in [2.45, 2.75) is 19.3 Å². The molecule has 3 aromatic carbocycles. The largest absolute Gasteiger partial charge is 0.207 e. The van der Waals surface area contributed by atoms with Gasteiger partial charge in [0.2, 0.25) is 0 Å². The first-order valence-electron chi connectivity index (χ1n) is 9.09. The summed E-state index contributed by atoms with van der Waals surface area (Å²) in [5.74, 6) is -0.201. The fourth-order valence-corrected chi connectivity index (χ4v) is 3.73. The summed E-state index contributed by atoms with van der Waals surface area (Å²) in [6.07, 6.45) is 0. The highest BCUT2D eigenvalue weighted by Crippen LogP contribution is 2.58. The molecule has 1 aliphatic carbocycles. The Kier molecular flexibility index (Phi) is 4.30. The third kappa shape index (κ3) is 3.13. The Balaban J connectivity index is 1.90. The molecule has 4 rings (SSSR count). The minimum atomic E-state index is -0.279. The van der Waals surface area contributed by atoms with Gasteiger partial charge < -0.3 is 0 Å². The van der Waals surface area contributed by atoms with E-state index in [9.17, 15) is 8.78 Å². The van der Waals surface area contributed by atoms with Gasteiger partial charge in [-0.05, 0) is 52.4 Å². The summed E-state index contributed by atoms with van der Waals surface area (Å²) < 4.78 is 26.8. The van der Waals surface area contributed by atoms with E-state index in [4.69, 9.17) is 0 Å². The molecule has 1 fully saturated rings. The van der Waals surface area contributed by atoms with Crippen LogP contribution in [0.4, 0.5) is 8.78 Å². The van der Waals surface area contributed by atoms with Crippen LogP contribution in [0.5, 0.6) is 0 Å². The van der Waals surface area contributed by atoms with Crippen LogP contribution < -0.4 is 0 Å². The first-order valence-corrected chi connectivity index (χ1v) is 9.09. The van der Waals surface area contributed by atoms with Crippen molar-refractivity contribution in [1.82, 2.24) is 0 Å². The van der Waals surface area contributed by atoms with Gasteiger partial charge in [0.1, 0.15) is 11.6 Å². The maximum atomic E-state index is 13.4. The average molecular weight is 358 g/mol. The van der Waals surface area contributed by atoms with Gasteiger partial charge in [-0.2, -0.15) is 0 Å². The van der Waals surface area contributed by atoms with Crippen LogP contribution in [-0.4, -0.2) is 0 Å². The summed E-state index contributed by atoms with van der Waals surface area (Å²) in [6, 6.07) is 23.1. The Labute approximate surface area is 158 Å². The normalized spacial score (nSPS) is 20.9. The molecule has 3 aromatic rings. The second-order valence-electron chi connectivity index (χ2n) is 7.22. The van der Waals surface area contributed by atoms with Crippen molar-refractivity contribution in [3.05, 3.63) is 118 Å². The molecule has 0 radical (unpaired) electrons. The molecule has 0 aromatic heterocycles. The number of halogens is 2. The zero-order valence-electron chi connectivity index (χ0n) is 15.3. The van der Waals surface area contributed by atoms with E-state index in [1.807, 2.05) is 18.2 Å². The third-order valence-electron chi connectivity index (χ3n) is 5.67. The van der Waals surface area contributed by atoms with Crippen molar-refractivity contribution < 1.29 is 8.78 Å². The van der Waals surface area contributed by atoms with E-state index in [0.29, 0.717) is 5.92 Å². The molecule has 134 valence electrons. The first-order chi connectivity index (χ1) is 13.0. The van der Waals surface area contributed by atoms with Crippen LogP contribution in [0.15, 0.2) is 90.2 Å². The van der Waals surface area contributed by atoms with E-state index in [-0.39, 0.29) is 17.0 Å². The summed E-state index contributed by atoms with van der Waals surface area (Å²) in [5, 5.41) is 0. The minimum Gasteiger partial charge on any atom is -0.207 e. The molecule has 2 unspecified atom stereocenters. The van der Waals surface area contributed by atoms with E-state index in [1.165, 1.54) is 35.4 Å². The molecule has 0 heterocycles. The summed E-state index contributed by atoms with van der Waals surface area (Å²) in [6.45, 7) is 4.42. The molecular weight excluding hydrogens is 338 g/mol.